The maximum Gasteiger partial charge on any atom is 0.186 e. The monoisotopic (exact) mass is 350 g/mol. The number of nitrogens with zero attached hydrogens (tertiary/aromatic N) is 2. The van der Waals surface area contributed by atoms with Crippen LogP contribution in [0.5, 0.6) is 0 Å². The summed E-state index contributed by atoms with van der Waals surface area (Å²) in [4.78, 5) is 12.6. The topological polar surface area (TPSA) is 44.1 Å². The molecule has 0 atom stereocenters. The number of methoxy groups -OCH3 is 1. The summed E-state index contributed by atoms with van der Waals surface area (Å²) in [5.74, 6) is 0.0560. The molecule has 1 heterocycles. The number of carbonyl (C=O) groups is 1. The zero-order valence-corrected chi connectivity index (χ0v) is 14.1. The Labute approximate surface area is 133 Å². The normalized spacial score (nSPS) is 10.9. The van der Waals surface area contributed by atoms with Crippen LogP contribution in [-0.2, 0) is 17.7 Å². The molecule has 0 fully saturated rings. The van der Waals surface area contributed by atoms with Crippen molar-refractivity contribution in [1.82, 2.24) is 9.78 Å². The lowest BCUT2D eigenvalue weighted by molar-refractivity contribution is 0.0978. The van der Waals surface area contributed by atoms with Crippen molar-refractivity contribution in [2.75, 3.05) is 13.7 Å². The molecule has 21 heavy (non-hydrogen) atoms. The average molecular weight is 351 g/mol. The van der Waals surface area contributed by atoms with Crippen molar-refractivity contribution in [3.8, 4) is 0 Å². The Hall–Kier alpha value is -1.46. The van der Waals surface area contributed by atoms with E-state index in [2.05, 4.69) is 39.2 Å². The summed E-state index contributed by atoms with van der Waals surface area (Å²) >= 11 is 3.41. The fourth-order valence-corrected chi connectivity index (χ4v) is 2.94. The van der Waals surface area contributed by atoms with Gasteiger partial charge in [0.05, 0.1) is 23.8 Å². The third-order valence-electron chi connectivity index (χ3n) is 3.21. The van der Waals surface area contributed by atoms with Gasteiger partial charge in [-0.25, -0.2) is 0 Å². The molecule has 2 aromatic rings. The molecule has 1 aromatic carbocycles. The van der Waals surface area contributed by atoms with Crippen LogP contribution in [0.2, 0.25) is 0 Å². The number of Topliss-reactive ketones (excluding diaryl/α,β-unsaturated/α-hetero) is 1. The van der Waals surface area contributed by atoms with Crippen LogP contribution >= 0.6 is 15.9 Å². The molecule has 0 aliphatic heterocycles. The Morgan fingerprint density at radius 1 is 1.29 bits per heavy atom. The maximum absolute atomic E-state index is 12.6. The standard InChI is InChI=1S/C16H19BrN2O2/c1-11-6-12(2)8-13(7-11)9-15(20)16-14(17)10-18-19(16)4-5-21-3/h6-8,10H,4-5,9H2,1-3H3. The summed E-state index contributed by atoms with van der Waals surface area (Å²) in [6.45, 7) is 5.17. The van der Waals surface area contributed by atoms with Gasteiger partial charge in [0.2, 0.25) is 0 Å². The number of aryl methyl sites for hydroxylation is 2. The molecule has 0 spiro atoms. The molecule has 2 rings (SSSR count). The highest BCUT2D eigenvalue weighted by Gasteiger charge is 2.17. The first-order chi connectivity index (χ1) is 10.0. The van der Waals surface area contributed by atoms with Crippen molar-refractivity contribution in [1.29, 1.82) is 0 Å². The van der Waals surface area contributed by atoms with Crippen LogP contribution in [0.4, 0.5) is 0 Å². The van der Waals surface area contributed by atoms with E-state index in [0.717, 1.165) is 10.0 Å². The van der Waals surface area contributed by atoms with E-state index >= 15 is 0 Å². The number of benzene rings is 1. The van der Waals surface area contributed by atoms with Crippen LogP contribution in [-0.4, -0.2) is 29.3 Å². The fraction of sp³-hybridized carbons (Fsp3) is 0.375. The predicted octanol–water partition coefficient (Wildman–Crippen LogP) is 3.33. The second kappa shape index (κ2) is 7.00. The third-order valence-corrected chi connectivity index (χ3v) is 3.79. The zero-order valence-electron chi connectivity index (χ0n) is 12.5. The first kappa shape index (κ1) is 15.9. The third kappa shape index (κ3) is 4.02. The van der Waals surface area contributed by atoms with E-state index in [9.17, 15) is 4.79 Å². The predicted molar refractivity (Wildman–Crippen MR) is 85.8 cm³/mol. The van der Waals surface area contributed by atoms with Crippen LogP contribution in [0.1, 0.15) is 27.2 Å². The number of hydrogen-bond acceptors (Lipinski definition) is 3. The van der Waals surface area contributed by atoms with Crippen LogP contribution in [0.15, 0.2) is 28.9 Å². The Morgan fingerprint density at radius 3 is 2.57 bits per heavy atom. The molecule has 0 saturated heterocycles. The van der Waals surface area contributed by atoms with E-state index in [-0.39, 0.29) is 5.78 Å². The number of rotatable bonds is 6. The molecule has 0 N–H and O–H groups in total. The van der Waals surface area contributed by atoms with E-state index in [4.69, 9.17) is 4.74 Å². The van der Waals surface area contributed by atoms with Crippen molar-refractivity contribution < 1.29 is 9.53 Å². The molecule has 0 saturated carbocycles. The molecule has 0 bridgehead atoms. The number of aromatic nitrogens is 2. The largest absolute Gasteiger partial charge is 0.383 e. The molecule has 0 aliphatic carbocycles. The van der Waals surface area contributed by atoms with Gasteiger partial charge < -0.3 is 4.74 Å². The van der Waals surface area contributed by atoms with Crippen molar-refractivity contribution in [2.45, 2.75) is 26.8 Å². The highest BCUT2D eigenvalue weighted by atomic mass is 79.9. The molecule has 1 aromatic heterocycles. The van der Waals surface area contributed by atoms with E-state index < -0.39 is 0 Å². The minimum Gasteiger partial charge on any atom is -0.383 e. The lowest BCUT2D eigenvalue weighted by atomic mass is 10.0. The number of ketones is 1. The van der Waals surface area contributed by atoms with Crippen molar-refractivity contribution in [3.63, 3.8) is 0 Å². The van der Waals surface area contributed by atoms with Crippen molar-refractivity contribution in [2.24, 2.45) is 0 Å². The number of carbonyl (C=O) groups excluding carboxylic acids is 1. The van der Waals surface area contributed by atoms with Gasteiger partial charge in [-0.05, 0) is 35.3 Å². The highest BCUT2D eigenvalue weighted by Crippen LogP contribution is 2.19. The van der Waals surface area contributed by atoms with Crippen molar-refractivity contribution in [3.05, 3.63) is 51.3 Å². The first-order valence-electron chi connectivity index (χ1n) is 6.82. The lowest BCUT2D eigenvalue weighted by Gasteiger charge is -2.08. The van der Waals surface area contributed by atoms with Gasteiger partial charge in [-0.2, -0.15) is 5.10 Å². The summed E-state index contributed by atoms with van der Waals surface area (Å²) in [5.41, 5.74) is 3.98. The molecule has 0 radical (unpaired) electrons. The molecule has 5 heteroatoms. The molecule has 0 amide bonds. The number of halogens is 1. The summed E-state index contributed by atoms with van der Waals surface area (Å²) in [5, 5.41) is 4.22. The average Bonchev–Trinajstić information content (AvgIpc) is 2.76. The van der Waals surface area contributed by atoms with E-state index in [1.54, 1.807) is 18.0 Å². The van der Waals surface area contributed by atoms with Crippen molar-refractivity contribution >= 4 is 21.7 Å². The SMILES string of the molecule is COCCn1ncc(Br)c1C(=O)Cc1cc(C)cc(C)c1. The number of hydrogen-bond donors (Lipinski definition) is 0. The Morgan fingerprint density at radius 2 is 1.95 bits per heavy atom. The van der Waals surface area contributed by atoms with Gasteiger partial charge in [0.25, 0.3) is 0 Å². The van der Waals surface area contributed by atoms with Gasteiger partial charge in [-0.1, -0.05) is 29.3 Å². The van der Waals surface area contributed by atoms with Crippen LogP contribution in [0, 0.1) is 13.8 Å². The van der Waals surface area contributed by atoms with E-state index in [1.807, 2.05) is 13.8 Å². The van der Waals surface area contributed by atoms with Gasteiger partial charge in [0.15, 0.2) is 5.78 Å². The lowest BCUT2D eigenvalue weighted by Crippen LogP contribution is -2.15. The van der Waals surface area contributed by atoms with Crippen LogP contribution < -0.4 is 0 Å². The highest BCUT2D eigenvalue weighted by molar-refractivity contribution is 9.10. The molecule has 0 unspecified atom stereocenters. The molecular formula is C16H19BrN2O2. The van der Waals surface area contributed by atoms with Crippen LogP contribution in [0.3, 0.4) is 0 Å². The Bertz CT molecular complexity index is 629. The second-order valence-corrected chi connectivity index (χ2v) is 6.01. The first-order valence-corrected chi connectivity index (χ1v) is 7.61. The fourth-order valence-electron chi connectivity index (χ4n) is 2.43. The molecule has 4 nitrogen and oxygen atoms in total. The summed E-state index contributed by atoms with van der Waals surface area (Å²) in [6, 6.07) is 6.20. The molecule has 0 aliphatic rings. The quantitative estimate of drug-likeness (QED) is 0.750. The summed E-state index contributed by atoms with van der Waals surface area (Å²) < 4.78 is 7.47. The second-order valence-electron chi connectivity index (χ2n) is 5.15. The Balaban J connectivity index is 2.22. The van der Waals surface area contributed by atoms with Gasteiger partial charge in [0.1, 0.15) is 5.69 Å². The summed E-state index contributed by atoms with van der Waals surface area (Å²) in [6.07, 6.45) is 2.03. The molecule has 112 valence electrons. The van der Waals surface area contributed by atoms with Gasteiger partial charge in [-0.3, -0.25) is 9.48 Å². The van der Waals surface area contributed by atoms with E-state index in [1.165, 1.54) is 11.1 Å². The van der Waals surface area contributed by atoms with Gasteiger partial charge in [-0.15, -0.1) is 0 Å². The van der Waals surface area contributed by atoms with E-state index in [0.29, 0.717) is 25.3 Å². The van der Waals surface area contributed by atoms with Gasteiger partial charge >= 0.3 is 0 Å². The molecular weight excluding hydrogens is 332 g/mol. The minimum atomic E-state index is 0.0560. The zero-order chi connectivity index (χ0) is 15.4. The minimum absolute atomic E-state index is 0.0560. The summed E-state index contributed by atoms with van der Waals surface area (Å²) in [7, 11) is 1.63. The number of ether oxygens (including phenoxy) is 1. The van der Waals surface area contributed by atoms with Crippen LogP contribution in [0.25, 0.3) is 0 Å². The van der Waals surface area contributed by atoms with Gasteiger partial charge in [0, 0.05) is 13.5 Å². The smallest absolute Gasteiger partial charge is 0.186 e. The Kier molecular flexibility index (Phi) is 5.31. The maximum atomic E-state index is 12.6.